The van der Waals surface area contributed by atoms with E-state index < -0.39 is 19.7 Å². The molecule has 1 atom stereocenters. The molecule has 0 fully saturated rings. The summed E-state index contributed by atoms with van der Waals surface area (Å²) in [6, 6.07) is 18.6. The monoisotopic (exact) mass is 564 g/mol. The van der Waals surface area contributed by atoms with Gasteiger partial charge in [-0.15, -0.1) is 0 Å². The molecule has 2 aliphatic rings. The number of rotatable bonds is 9. The fourth-order valence-electron chi connectivity index (χ4n) is 4.21. The molecule has 1 N–H and O–H groups in total. The maximum absolute atomic E-state index is 12.9. The van der Waals surface area contributed by atoms with Gasteiger partial charge in [-0.3, -0.25) is 14.9 Å². The van der Waals surface area contributed by atoms with Gasteiger partial charge in [0, 0.05) is 49.0 Å². The molecule has 0 saturated carbocycles. The van der Waals surface area contributed by atoms with Gasteiger partial charge in [-0.1, -0.05) is 24.3 Å². The van der Waals surface area contributed by atoms with E-state index in [2.05, 4.69) is 10.3 Å². The molecule has 3 aromatic rings. The van der Waals surface area contributed by atoms with Crippen LogP contribution < -0.4 is 10.2 Å². The fourth-order valence-corrected chi connectivity index (χ4v) is 6.00. The predicted octanol–water partition coefficient (Wildman–Crippen LogP) is 3.94. The van der Waals surface area contributed by atoms with E-state index in [0.717, 1.165) is 11.3 Å². The molecule has 39 heavy (non-hydrogen) atoms. The van der Waals surface area contributed by atoms with Crippen molar-refractivity contribution < 1.29 is 21.3 Å². The van der Waals surface area contributed by atoms with E-state index in [4.69, 9.17) is 9.41 Å². The smallest absolute Gasteiger partial charge is 0.206 e. The Labute approximate surface area is 228 Å². The third-order valence-corrected chi connectivity index (χ3v) is 8.98. The highest BCUT2D eigenvalue weighted by atomic mass is 32.2. The average molecular weight is 565 g/mol. The lowest BCUT2D eigenvalue weighted by Gasteiger charge is -2.26. The largest absolute Gasteiger partial charge is 0.443 e. The van der Waals surface area contributed by atoms with Gasteiger partial charge < -0.3 is 9.73 Å². The van der Waals surface area contributed by atoms with Crippen LogP contribution in [0.3, 0.4) is 0 Å². The minimum atomic E-state index is -3.60. The number of anilines is 1. The first-order chi connectivity index (χ1) is 18.7. The topological polar surface area (TPSA) is 121 Å². The summed E-state index contributed by atoms with van der Waals surface area (Å²) in [5.41, 5.74) is 2.39. The molecule has 2 aromatic carbocycles. The highest BCUT2D eigenvalue weighted by molar-refractivity contribution is 7.91. The molecule has 0 saturated heterocycles. The molecule has 3 heterocycles. The zero-order valence-corrected chi connectivity index (χ0v) is 22.9. The Morgan fingerprint density at radius 2 is 1.74 bits per heavy atom. The second-order valence-corrected chi connectivity index (χ2v) is 13.5. The van der Waals surface area contributed by atoms with E-state index in [1.807, 2.05) is 41.7 Å². The molecule has 9 nitrogen and oxygen atoms in total. The number of hydrogen-bond acceptors (Lipinski definition) is 9. The summed E-state index contributed by atoms with van der Waals surface area (Å²) in [6.07, 6.45) is 8.97. The van der Waals surface area contributed by atoms with Gasteiger partial charge in [-0.25, -0.2) is 16.8 Å². The van der Waals surface area contributed by atoms with Crippen LogP contribution in [0.1, 0.15) is 5.76 Å². The van der Waals surface area contributed by atoms with Gasteiger partial charge in [0.2, 0.25) is 15.7 Å². The first-order valence-electron chi connectivity index (χ1n) is 12.3. The summed E-state index contributed by atoms with van der Waals surface area (Å²) < 4.78 is 54.3. The van der Waals surface area contributed by atoms with E-state index in [0.29, 0.717) is 37.0 Å². The maximum atomic E-state index is 12.9. The van der Waals surface area contributed by atoms with Gasteiger partial charge in [0.15, 0.2) is 0 Å². The quantitative estimate of drug-likeness (QED) is 0.391. The molecule has 2 aliphatic heterocycles. The number of hydrogen-bond donors (Lipinski definition) is 1. The molecule has 0 amide bonds. The van der Waals surface area contributed by atoms with Crippen LogP contribution in [0.5, 0.6) is 0 Å². The normalized spacial score (nSPS) is 18.3. The van der Waals surface area contributed by atoms with Crippen LogP contribution >= 0.6 is 0 Å². The Morgan fingerprint density at radius 1 is 1.00 bits per heavy atom. The molecule has 11 heteroatoms. The van der Waals surface area contributed by atoms with Crippen molar-refractivity contribution in [2.45, 2.75) is 16.3 Å². The van der Waals surface area contributed by atoms with Gasteiger partial charge in [-0.05, 0) is 42.5 Å². The first-order valence-corrected chi connectivity index (χ1v) is 15.9. The van der Waals surface area contributed by atoms with Crippen molar-refractivity contribution in [3.8, 4) is 0 Å². The summed E-state index contributed by atoms with van der Waals surface area (Å²) in [6.45, 7) is 1.17. The van der Waals surface area contributed by atoms with Crippen LogP contribution in [0.2, 0.25) is 0 Å². The Bertz CT molecular complexity index is 1670. The third kappa shape index (κ3) is 6.44. The number of benzene rings is 2. The Hall–Kier alpha value is -3.80. The Kier molecular flexibility index (Phi) is 7.65. The summed E-state index contributed by atoms with van der Waals surface area (Å²) in [5.74, 6) is 1.35. The number of allylic oxidation sites excluding steroid dienone is 1. The molecule has 1 unspecified atom stereocenters. The highest BCUT2D eigenvalue weighted by Crippen LogP contribution is 2.30. The average Bonchev–Trinajstić information content (AvgIpc) is 3.40. The molecule has 0 radical (unpaired) electrons. The molecular weight excluding hydrogens is 536 g/mol. The number of nitrogens with one attached hydrogen (secondary N) is 1. The fraction of sp³-hybridized carbons (Fsp3) is 0.214. The zero-order valence-electron chi connectivity index (χ0n) is 21.3. The molecule has 0 spiro atoms. The van der Waals surface area contributed by atoms with Crippen LogP contribution in [-0.4, -0.2) is 53.9 Å². The van der Waals surface area contributed by atoms with Crippen LogP contribution in [0.25, 0.3) is 0 Å². The molecular formula is C28H28N4O5S2. The number of aliphatic imine (C=N–C) groups is 2. The van der Waals surface area contributed by atoms with Crippen LogP contribution in [-0.2, 0) is 26.2 Å². The van der Waals surface area contributed by atoms with Crippen molar-refractivity contribution in [3.63, 3.8) is 0 Å². The van der Waals surface area contributed by atoms with E-state index in [1.54, 1.807) is 54.6 Å². The number of furan rings is 1. The first kappa shape index (κ1) is 26.8. The zero-order chi connectivity index (χ0) is 27.5. The number of sulfone groups is 2. The number of nitrogens with zero attached hydrogens (tertiary/aromatic N) is 3. The molecule has 0 bridgehead atoms. The second-order valence-electron chi connectivity index (χ2n) is 9.26. The number of fused-ring (bicyclic) bond motifs is 1. The lowest BCUT2D eigenvalue weighted by molar-refractivity contribution is 0.492. The van der Waals surface area contributed by atoms with Gasteiger partial charge in [-0.2, -0.15) is 0 Å². The minimum Gasteiger partial charge on any atom is -0.443 e. The van der Waals surface area contributed by atoms with Crippen molar-refractivity contribution in [1.29, 1.82) is 0 Å². The van der Waals surface area contributed by atoms with Crippen molar-refractivity contribution in [3.05, 3.63) is 96.5 Å². The second kappa shape index (κ2) is 11.1. The van der Waals surface area contributed by atoms with Crippen LogP contribution in [0.4, 0.5) is 11.6 Å². The van der Waals surface area contributed by atoms with Crippen LogP contribution in [0, 0.1) is 5.92 Å². The summed E-state index contributed by atoms with van der Waals surface area (Å²) in [7, 11) is -6.62. The molecule has 5 rings (SSSR count). The van der Waals surface area contributed by atoms with Gasteiger partial charge in [0.1, 0.15) is 15.6 Å². The minimum absolute atomic E-state index is 0.0291. The van der Waals surface area contributed by atoms with Crippen molar-refractivity contribution in [1.82, 2.24) is 5.32 Å². The summed E-state index contributed by atoms with van der Waals surface area (Å²) in [5, 5.41) is 3.08. The molecule has 1 aromatic heterocycles. The van der Waals surface area contributed by atoms with Crippen molar-refractivity contribution in [2.24, 2.45) is 15.9 Å². The predicted molar refractivity (Wildman–Crippen MR) is 152 cm³/mol. The van der Waals surface area contributed by atoms with Crippen LogP contribution in [0.15, 0.2) is 115 Å². The van der Waals surface area contributed by atoms with Crippen molar-refractivity contribution >= 4 is 43.2 Å². The van der Waals surface area contributed by atoms with E-state index in [1.165, 1.54) is 6.26 Å². The molecule has 0 aliphatic carbocycles. The lowest BCUT2D eigenvalue weighted by Crippen LogP contribution is -2.27. The van der Waals surface area contributed by atoms with E-state index in [-0.39, 0.29) is 21.5 Å². The van der Waals surface area contributed by atoms with Gasteiger partial charge in [0.05, 0.1) is 40.0 Å². The molecule has 202 valence electrons. The third-order valence-electron chi connectivity index (χ3n) is 6.25. The Balaban J connectivity index is 1.32. The van der Waals surface area contributed by atoms with E-state index >= 15 is 0 Å². The lowest BCUT2D eigenvalue weighted by atomic mass is 9.92. The summed E-state index contributed by atoms with van der Waals surface area (Å²) >= 11 is 0. The maximum Gasteiger partial charge on any atom is 0.206 e. The van der Waals surface area contributed by atoms with Gasteiger partial charge >= 0.3 is 0 Å². The Morgan fingerprint density at radius 3 is 2.49 bits per heavy atom. The SMILES string of the molecule is CS(=O)(=O)CCNCc1ccc(N2C=CC3C=NCC(=Nc4ccc(S(=O)(=O)c5ccccc5)cc4)C3=C2)o1. The summed E-state index contributed by atoms with van der Waals surface area (Å²) in [4.78, 5) is 11.6. The highest BCUT2D eigenvalue weighted by Gasteiger charge is 2.25. The van der Waals surface area contributed by atoms with Crippen molar-refractivity contribution in [2.75, 3.05) is 30.0 Å². The van der Waals surface area contributed by atoms with E-state index in [9.17, 15) is 16.8 Å². The van der Waals surface area contributed by atoms with Gasteiger partial charge in [0.25, 0.3) is 0 Å². The standard InChI is InChI=1S/C28H28N4O5S2/c1-38(33,34)16-14-29-18-23-9-12-28(37-23)32-15-13-21-17-30-19-27(26(21)20-32)31-22-7-10-25(11-8-22)39(35,36)24-5-3-2-4-6-24/h2-13,15,17,20-21,29H,14,16,18-19H2,1H3.